The van der Waals surface area contributed by atoms with Gasteiger partial charge in [-0.05, 0) is 6.42 Å². The summed E-state index contributed by atoms with van der Waals surface area (Å²) >= 11 is 0. The van der Waals surface area contributed by atoms with Crippen LogP contribution >= 0.6 is 0 Å². The number of amides is 2. The van der Waals surface area contributed by atoms with Crippen LogP contribution in [0.1, 0.15) is 58.3 Å². The maximum absolute atomic E-state index is 11.9. The number of nitrogens with one attached hydrogen (secondary N) is 2. The summed E-state index contributed by atoms with van der Waals surface area (Å²) in [7, 11) is 0. The van der Waals surface area contributed by atoms with Crippen molar-refractivity contribution in [3.05, 3.63) is 0 Å². The van der Waals surface area contributed by atoms with Gasteiger partial charge in [-0.3, -0.25) is 9.59 Å². The fraction of sp³-hybridized carbons (Fsp3) is 0.875. The highest BCUT2D eigenvalue weighted by atomic mass is 16.2. The minimum absolute atomic E-state index is 0.00652. The first-order chi connectivity index (χ1) is 10.2. The van der Waals surface area contributed by atoms with Crippen LogP contribution in [0.25, 0.3) is 0 Å². The van der Waals surface area contributed by atoms with Gasteiger partial charge in [-0.2, -0.15) is 0 Å². The first-order valence-corrected chi connectivity index (χ1v) is 8.49. The topological polar surface area (TPSA) is 61.4 Å². The van der Waals surface area contributed by atoms with Crippen LogP contribution in [0, 0.1) is 0 Å². The third kappa shape index (κ3) is 8.71. The number of piperazine rings is 1. The summed E-state index contributed by atoms with van der Waals surface area (Å²) in [5.74, 6) is 0.109. The molecule has 0 aliphatic carbocycles. The molecule has 5 heteroatoms. The van der Waals surface area contributed by atoms with Gasteiger partial charge in [-0.25, -0.2) is 0 Å². The zero-order valence-electron chi connectivity index (χ0n) is 13.5. The van der Waals surface area contributed by atoms with Gasteiger partial charge in [0.15, 0.2) is 0 Å². The SMILES string of the molecule is CCCCCCCCNC(=O)CCC(=O)N1CCNCC1. The second-order valence-corrected chi connectivity index (χ2v) is 5.75. The van der Waals surface area contributed by atoms with Gasteiger partial charge in [-0.1, -0.05) is 39.0 Å². The number of unbranched alkanes of at least 4 members (excludes halogenated alkanes) is 5. The lowest BCUT2D eigenvalue weighted by molar-refractivity contribution is -0.134. The highest BCUT2D eigenvalue weighted by Gasteiger charge is 2.16. The van der Waals surface area contributed by atoms with Crippen LogP contribution in [0.2, 0.25) is 0 Å². The highest BCUT2D eigenvalue weighted by Crippen LogP contribution is 2.04. The standard InChI is InChI=1S/C16H31N3O2/c1-2-3-4-5-6-7-10-18-15(20)8-9-16(21)19-13-11-17-12-14-19/h17H,2-14H2,1H3,(H,18,20). The van der Waals surface area contributed by atoms with Crippen molar-refractivity contribution < 1.29 is 9.59 Å². The van der Waals surface area contributed by atoms with Crippen LogP contribution in [0.4, 0.5) is 0 Å². The average molecular weight is 297 g/mol. The van der Waals surface area contributed by atoms with Gasteiger partial charge in [0.05, 0.1) is 0 Å². The molecule has 1 aliphatic heterocycles. The fourth-order valence-electron chi connectivity index (χ4n) is 2.51. The molecular weight excluding hydrogens is 266 g/mol. The first-order valence-electron chi connectivity index (χ1n) is 8.49. The Hall–Kier alpha value is -1.10. The number of carbonyl (C=O) groups excluding carboxylic acids is 2. The molecule has 5 nitrogen and oxygen atoms in total. The minimum Gasteiger partial charge on any atom is -0.356 e. The molecule has 122 valence electrons. The first kappa shape index (κ1) is 18.0. The largest absolute Gasteiger partial charge is 0.356 e. The van der Waals surface area contributed by atoms with E-state index in [1.807, 2.05) is 4.90 Å². The summed E-state index contributed by atoms with van der Waals surface area (Å²) < 4.78 is 0. The highest BCUT2D eigenvalue weighted by molar-refractivity contribution is 5.83. The number of hydrogen-bond acceptors (Lipinski definition) is 3. The van der Waals surface area contributed by atoms with E-state index in [0.717, 1.165) is 39.1 Å². The predicted molar refractivity (Wildman–Crippen MR) is 85.1 cm³/mol. The maximum atomic E-state index is 11.9. The predicted octanol–water partition coefficient (Wildman–Crippen LogP) is 1.68. The summed E-state index contributed by atoms with van der Waals surface area (Å²) in [5, 5.41) is 6.12. The molecule has 1 aliphatic rings. The van der Waals surface area contributed by atoms with Gasteiger partial charge in [-0.15, -0.1) is 0 Å². The maximum Gasteiger partial charge on any atom is 0.223 e. The van der Waals surface area contributed by atoms with E-state index in [1.165, 1.54) is 32.1 Å². The number of rotatable bonds is 10. The second-order valence-electron chi connectivity index (χ2n) is 5.75. The van der Waals surface area contributed by atoms with Gasteiger partial charge in [0.2, 0.25) is 11.8 Å². The van der Waals surface area contributed by atoms with Crippen LogP contribution in [-0.2, 0) is 9.59 Å². The van der Waals surface area contributed by atoms with E-state index in [0.29, 0.717) is 12.8 Å². The minimum atomic E-state index is 0.00652. The van der Waals surface area contributed by atoms with E-state index in [9.17, 15) is 9.59 Å². The Morgan fingerprint density at radius 1 is 1.00 bits per heavy atom. The van der Waals surface area contributed by atoms with Crippen molar-refractivity contribution in [1.29, 1.82) is 0 Å². The Morgan fingerprint density at radius 3 is 2.38 bits per heavy atom. The van der Waals surface area contributed by atoms with Crippen LogP contribution in [-0.4, -0.2) is 49.4 Å². The molecule has 0 saturated carbocycles. The Morgan fingerprint density at radius 2 is 1.67 bits per heavy atom. The summed E-state index contributed by atoms with van der Waals surface area (Å²) in [6, 6.07) is 0. The van der Waals surface area contributed by atoms with Crippen LogP contribution in [0.3, 0.4) is 0 Å². The van der Waals surface area contributed by atoms with Crippen molar-refractivity contribution in [3.8, 4) is 0 Å². The van der Waals surface area contributed by atoms with Crippen molar-refractivity contribution in [1.82, 2.24) is 15.5 Å². The van der Waals surface area contributed by atoms with Crippen molar-refractivity contribution in [2.45, 2.75) is 58.3 Å². The van der Waals surface area contributed by atoms with Crippen molar-refractivity contribution in [2.24, 2.45) is 0 Å². The van der Waals surface area contributed by atoms with E-state index in [2.05, 4.69) is 17.6 Å². The molecule has 21 heavy (non-hydrogen) atoms. The molecular formula is C16H31N3O2. The van der Waals surface area contributed by atoms with Gasteiger partial charge in [0, 0.05) is 45.6 Å². The van der Waals surface area contributed by atoms with Crippen molar-refractivity contribution >= 4 is 11.8 Å². The van der Waals surface area contributed by atoms with E-state index in [1.54, 1.807) is 0 Å². The monoisotopic (exact) mass is 297 g/mol. The van der Waals surface area contributed by atoms with Crippen LogP contribution in [0.5, 0.6) is 0 Å². The fourth-order valence-corrected chi connectivity index (χ4v) is 2.51. The average Bonchev–Trinajstić information content (AvgIpc) is 2.52. The van der Waals surface area contributed by atoms with E-state index < -0.39 is 0 Å². The Balaban J connectivity index is 1.96. The third-order valence-electron chi connectivity index (χ3n) is 3.89. The van der Waals surface area contributed by atoms with E-state index in [4.69, 9.17) is 0 Å². The second kappa shape index (κ2) is 11.5. The molecule has 0 radical (unpaired) electrons. The normalized spacial score (nSPS) is 15.0. The number of carbonyl (C=O) groups is 2. The molecule has 1 rings (SSSR count). The lowest BCUT2D eigenvalue weighted by Crippen LogP contribution is -2.46. The summed E-state index contributed by atoms with van der Waals surface area (Å²) in [4.78, 5) is 25.4. The van der Waals surface area contributed by atoms with Crippen LogP contribution in [0.15, 0.2) is 0 Å². The Kier molecular flexibility index (Phi) is 9.87. The smallest absolute Gasteiger partial charge is 0.223 e. The molecule has 0 aromatic carbocycles. The van der Waals surface area contributed by atoms with Gasteiger partial charge >= 0.3 is 0 Å². The summed E-state index contributed by atoms with van der Waals surface area (Å²) in [5.41, 5.74) is 0. The van der Waals surface area contributed by atoms with E-state index >= 15 is 0 Å². The van der Waals surface area contributed by atoms with E-state index in [-0.39, 0.29) is 11.8 Å². The molecule has 0 spiro atoms. The van der Waals surface area contributed by atoms with Crippen molar-refractivity contribution in [2.75, 3.05) is 32.7 Å². The lowest BCUT2D eigenvalue weighted by Gasteiger charge is -2.27. The molecule has 0 unspecified atom stereocenters. The van der Waals surface area contributed by atoms with Gasteiger partial charge in [0.25, 0.3) is 0 Å². The number of nitrogens with zero attached hydrogens (tertiary/aromatic N) is 1. The molecule has 1 fully saturated rings. The molecule has 0 atom stereocenters. The molecule has 2 amide bonds. The van der Waals surface area contributed by atoms with Crippen LogP contribution < -0.4 is 10.6 Å². The quantitative estimate of drug-likeness (QED) is 0.603. The Bertz CT molecular complexity index is 302. The lowest BCUT2D eigenvalue weighted by atomic mass is 10.1. The molecule has 0 aromatic heterocycles. The summed E-state index contributed by atoms with van der Waals surface area (Å²) in [6.07, 6.45) is 8.00. The molecule has 0 aromatic rings. The molecule has 2 N–H and O–H groups in total. The van der Waals surface area contributed by atoms with Crippen molar-refractivity contribution in [3.63, 3.8) is 0 Å². The van der Waals surface area contributed by atoms with Gasteiger partial charge < -0.3 is 15.5 Å². The third-order valence-corrected chi connectivity index (χ3v) is 3.89. The van der Waals surface area contributed by atoms with Gasteiger partial charge in [0.1, 0.15) is 0 Å². The molecule has 1 heterocycles. The zero-order valence-corrected chi connectivity index (χ0v) is 13.5. The molecule has 0 bridgehead atoms. The number of hydrogen-bond donors (Lipinski definition) is 2. The summed E-state index contributed by atoms with van der Waals surface area (Å²) in [6.45, 7) is 6.19. The molecule has 1 saturated heterocycles. The zero-order chi connectivity index (χ0) is 15.3. The Labute approximate surface area is 128 Å².